The normalized spacial score (nSPS) is 14.9. The summed E-state index contributed by atoms with van der Waals surface area (Å²) in [6, 6.07) is 13.9. The first kappa shape index (κ1) is 17.0. The highest BCUT2D eigenvalue weighted by atomic mass is 79.9. The predicted molar refractivity (Wildman–Crippen MR) is 95.6 cm³/mol. The molecule has 0 saturated heterocycles. The van der Waals surface area contributed by atoms with Gasteiger partial charge in [0.2, 0.25) is 0 Å². The maximum Gasteiger partial charge on any atom is 0.336 e. The van der Waals surface area contributed by atoms with Crippen LogP contribution in [0.4, 0.5) is 0 Å². The molecule has 1 atom stereocenters. The molecule has 22 heavy (non-hydrogen) atoms. The number of hydrogen-bond acceptors (Lipinski definition) is 1. The largest absolute Gasteiger partial charge is 0.478 e. The smallest absolute Gasteiger partial charge is 0.336 e. The minimum Gasteiger partial charge on any atom is -0.478 e. The van der Waals surface area contributed by atoms with Crippen LogP contribution < -0.4 is 0 Å². The fraction of sp³-hybridized carbons (Fsp3) is 0.278. The molecule has 0 bridgehead atoms. The number of carboxylic acid groups (broad SMARTS) is 1. The van der Waals surface area contributed by atoms with E-state index in [0.29, 0.717) is 5.56 Å². The van der Waals surface area contributed by atoms with Gasteiger partial charge in [-0.25, -0.2) is 4.79 Å². The first-order valence-corrected chi connectivity index (χ1v) is 8.37. The van der Waals surface area contributed by atoms with E-state index in [-0.39, 0.29) is 18.3 Å². The Morgan fingerprint density at radius 3 is 2.50 bits per heavy atom. The number of rotatable bonds is 5. The number of fused-ring (bicyclic) bond motifs is 3. The summed E-state index contributed by atoms with van der Waals surface area (Å²) >= 11 is 3.47. The first-order chi connectivity index (χ1) is 10.2. The van der Waals surface area contributed by atoms with Gasteiger partial charge in [-0.15, -0.1) is 12.4 Å². The molecule has 0 fully saturated rings. The molecule has 1 unspecified atom stereocenters. The molecule has 2 aromatic carbocycles. The molecule has 0 saturated carbocycles. The third kappa shape index (κ3) is 2.92. The molecule has 1 aliphatic carbocycles. The molecule has 1 aliphatic rings. The van der Waals surface area contributed by atoms with Gasteiger partial charge in [-0.3, -0.25) is 0 Å². The van der Waals surface area contributed by atoms with Crippen molar-refractivity contribution < 1.29 is 9.90 Å². The van der Waals surface area contributed by atoms with E-state index in [1.54, 1.807) is 6.07 Å². The van der Waals surface area contributed by atoms with E-state index in [0.717, 1.165) is 35.7 Å². The predicted octanol–water partition coefficient (Wildman–Crippen LogP) is 5.48. The Hall–Kier alpha value is -1.32. The van der Waals surface area contributed by atoms with Gasteiger partial charge in [-0.2, -0.15) is 0 Å². The van der Waals surface area contributed by atoms with E-state index in [4.69, 9.17) is 0 Å². The summed E-state index contributed by atoms with van der Waals surface area (Å²) in [5, 5.41) is 10.5. The van der Waals surface area contributed by atoms with E-state index in [1.807, 2.05) is 24.3 Å². The third-order valence-corrected chi connectivity index (χ3v) is 4.75. The fourth-order valence-electron chi connectivity index (χ4n) is 3.31. The van der Waals surface area contributed by atoms with Crippen LogP contribution in [0.2, 0.25) is 0 Å². The van der Waals surface area contributed by atoms with Crippen molar-refractivity contribution in [3.8, 4) is 11.1 Å². The molecule has 0 radical (unpaired) electrons. The minimum atomic E-state index is -0.829. The Balaban J connectivity index is 0.00000176. The molecule has 0 spiro atoms. The van der Waals surface area contributed by atoms with E-state index in [1.165, 1.54) is 11.1 Å². The zero-order valence-electron chi connectivity index (χ0n) is 12.1. The average Bonchev–Trinajstić information content (AvgIpc) is 2.82. The fourth-order valence-corrected chi connectivity index (χ4v) is 3.70. The number of carbonyl (C=O) groups is 1. The Morgan fingerprint density at radius 2 is 1.77 bits per heavy atom. The highest BCUT2D eigenvalue weighted by Gasteiger charge is 2.31. The Labute approximate surface area is 145 Å². The molecule has 0 amide bonds. The monoisotopic (exact) mass is 380 g/mol. The number of hydrogen-bond donors (Lipinski definition) is 1. The summed E-state index contributed by atoms with van der Waals surface area (Å²) in [5.74, 6) is -0.618. The van der Waals surface area contributed by atoms with Gasteiger partial charge in [0.1, 0.15) is 0 Å². The number of carboxylic acids is 1. The maximum absolute atomic E-state index is 11.6. The summed E-state index contributed by atoms with van der Waals surface area (Å²) in [6.07, 6.45) is 3.21. The quantitative estimate of drug-likeness (QED) is 0.549. The standard InChI is InChI=1S/C18H17BrO2.ClH/c19-11-4-3-8-14-12-6-1-2-7-13(12)15-9-5-10-16(17(14)15)18(20)21;/h1-2,5-7,9-10,14H,3-4,8,11H2,(H,20,21);1H. The van der Waals surface area contributed by atoms with Crippen molar-refractivity contribution in [1.82, 2.24) is 0 Å². The zero-order chi connectivity index (χ0) is 14.8. The molecular formula is C18H18BrClO2. The van der Waals surface area contributed by atoms with Crippen molar-refractivity contribution >= 4 is 34.3 Å². The molecule has 3 rings (SSSR count). The van der Waals surface area contributed by atoms with Crippen LogP contribution in [0.1, 0.15) is 46.7 Å². The Morgan fingerprint density at radius 1 is 1.05 bits per heavy atom. The molecule has 2 aromatic rings. The van der Waals surface area contributed by atoms with Crippen LogP contribution in [0.5, 0.6) is 0 Å². The molecule has 116 valence electrons. The van der Waals surface area contributed by atoms with Gasteiger partial charge in [-0.05, 0) is 41.2 Å². The van der Waals surface area contributed by atoms with Crippen molar-refractivity contribution in [2.24, 2.45) is 0 Å². The van der Waals surface area contributed by atoms with Crippen molar-refractivity contribution in [3.05, 3.63) is 59.2 Å². The number of aromatic carboxylic acids is 1. The lowest BCUT2D eigenvalue weighted by molar-refractivity contribution is 0.0695. The highest BCUT2D eigenvalue weighted by molar-refractivity contribution is 9.09. The van der Waals surface area contributed by atoms with Gasteiger partial charge < -0.3 is 5.11 Å². The van der Waals surface area contributed by atoms with Gasteiger partial charge in [-0.1, -0.05) is 58.7 Å². The second-order valence-corrected chi connectivity index (χ2v) is 6.19. The summed E-state index contributed by atoms with van der Waals surface area (Å²) < 4.78 is 0. The van der Waals surface area contributed by atoms with Crippen molar-refractivity contribution in [2.75, 3.05) is 5.33 Å². The second kappa shape index (κ2) is 7.30. The number of unbranched alkanes of at least 4 members (excludes halogenated alkanes) is 1. The Kier molecular flexibility index (Phi) is 5.65. The van der Waals surface area contributed by atoms with Gasteiger partial charge >= 0.3 is 5.97 Å². The number of halogens is 2. The Bertz CT molecular complexity index is 685. The van der Waals surface area contributed by atoms with Crippen molar-refractivity contribution in [3.63, 3.8) is 0 Å². The van der Waals surface area contributed by atoms with E-state index in [2.05, 4.69) is 28.1 Å². The van der Waals surface area contributed by atoms with Gasteiger partial charge in [0.05, 0.1) is 5.56 Å². The summed E-state index contributed by atoms with van der Waals surface area (Å²) in [5.41, 5.74) is 5.01. The van der Waals surface area contributed by atoms with Crippen LogP contribution in [0.15, 0.2) is 42.5 Å². The highest BCUT2D eigenvalue weighted by Crippen LogP contribution is 2.48. The second-order valence-electron chi connectivity index (χ2n) is 5.40. The van der Waals surface area contributed by atoms with Gasteiger partial charge in [0.25, 0.3) is 0 Å². The lowest BCUT2D eigenvalue weighted by Crippen LogP contribution is -2.06. The molecule has 1 N–H and O–H groups in total. The van der Waals surface area contributed by atoms with Gasteiger partial charge in [0.15, 0.2) is 0 Å². The SMILES string of the molecule is Cl.O=C(O)c1cccc2c1C(CCCCBr)c1ccccc1-2. The van der Waals surface area contributed by atoms with E-state index >= 15 is 0 Å². The topological polar surface area (TPSA) is 37.3 Å². The van der Waals surface area contributed by atoms with E-state index in [9.17, 15) is 9.90 Å². The molecule has 4 heteroatoms. The molecule has 0 aromatic heterocycles. The van der Waals surface area contributed by atoms with Crippen LogP contribution in [0, 0.1) is 0 Å². The maximum atomic E-state index is 11.6. The molecular weight excluding hydrogens is 364 g/mol. The number of benzene rings is 2. The first-order valence-electron chi connectivity index (χ1n) is 7.25. The van der Waals surface area contributed by atoms with E-state index < -0.39 is 5.97 Å². The number of alkyl halides is 1. The minimum absolute atomic E-state index is 0. The van der Waals surface area contributed by atoms with Gasteiger partial charge in [0, 0.05) is 11.2 Å². The molecule has 0 heterocycles. The molecule has 0 aliphatic heterocycles. The lowest BCUT2D eigenvalue weighted by Gasteiger charge is -2.15. The molecule has 2 nitrogen and oxygen atoms in total. The van der Waals surface area contributed by atoms with Crippen molar-refractivity contribution in [2.45, 2.75) is 25.2 Å². The van der Waals surface area contributed by atoms with Crippen molar-refractivity contribution in [1.29, 1.82) is 0 Å². The summed E-state index contributed by atoms with van der Waals surface area (Å²) in [6.45, 7) is 0. The lowest BCUT2D eigenvalue weighted by atomic mass is 9.89. The summed E-state index contributed by atoms with van der Waals surface area (Å²) in [7, 11) is 0. The average molecular weight is 382 g/mol. The van der Waals surface area contributed by atoms with Crippen LogP contribution in [0.3, 0.4) is 0 Å². The van der Waals surface area contributed by atoms with Crippen LogP contribution in [-0.4, -0.2) is 16.4 Å². The van der Waals surface area contributed by atoms with Crippen LogP contribution >= 0.6 is 28.3 Å². The zero-order valence-corrected chi connectivity index (χ0v) is 14.5. The van der Waals surface area contributed by atoms with Crippen LogP contribution in [-0.2, 0) is 0 Å². The van der Waals surface area contributed by atoms with Crippen LogP contribution in [0.25, 0.3) is 11.1 Å². The third-order valence-electron chi connectivity index (χ3n) is 4.19. The summed E-state index contributed by atoms with van der Waals surface area (Å²) in [4.78, 5) is 11.6.